The zero-order chi connectivity index (χ0) is 14.2. The van der Waals surface area contributed by atoms with Crippen molar-refractivity contribution in [1.82, 2.24) is 4.31 Å². The van der Waals surface area contributed by atoms with Gasteiger partial charge in [0.05, 0.1) is 6.10 Å². The van der Waals surface area contributed by atoms with Crippen LogP contribution in [0.3, 0.4) is 0 Å². The van der Waals surface area contributed by atoms with Crippen molar-refractivity contribution in [1.29, 1.82) is 0 Å². The Labute approximate surface area is 110 Å². The number of halogens is 2. The van der Waals surface area contributed by atoms with E-state index >= 15 is 0 Å². The van der Waals surface area contributed by atoms with Gasteiger partial charge in [0.25, 0.3) is 0 Å². The molecule has 0 aromatic heterocycles. The molecule has 1 unspecified atom stereocenters. The van der Waals surface area contributed by atoms with Gasteiger partial charge in [0.2, 0.25) is 10.0 Å². The van der Waals surface area contributed by atoms with Gasteiger partial charge in [-0.15, -0.1) is 0 Å². The maximum atomic E-state index is 13.5. The van der Waals surface area contributed by atoms with Crippen molar-refractivity contribution in [2.45, 2.75) is 23.8 Å². The van der Waals surface area contributed by atoms with E-state index in [2.05, 4.69) is 0 Å². The number of benzene rings is 1. The molecule has 4 nitrogen and oxygen atoms in total. The van der Waals surface area contributed by atoms with E-state index in [-0.39, 0.29) is 12.5 Å². The lowest BCUT2D eigenvalue weighted by molar-refractivity contribution is 0.131. The fraction of sp³-hybridized carbons (Fsp3) is 0.500. The highest BCUT2D eigenvalue weighted by molar-refractivity contribution is 7.89. The fourth-order valence-electron chi connectivity index (χ4n) is 1.84. The number of aliphatic hydroxyl groups excluding tert-OH is 1. The molecule has 19 heavy (non-hydrogen) atoms. The van der Waals surface area contributed by atoms with Crippen molar-refractivity contribution in [2.24, 2.45) is 5.92 Å². The Hall–Kier alpha value is -1.05. The van der Waals surface area contributed by atoms with E-state index in [0.717, 1.165) is 29.3 Å². The Kier molecular flexibility index (Phi) is 3.89. The third-order valence-electron chi connectivity index (χ3n) is 3.19. The zero-order valence-electron chi connectivity index (χ0n) is 10.4. The van der Waals surface area contributed by atoms with E-state index in [1.807, 2.05) is 0 Å². The molecular formula is C12H15F2NO3S. The summed E-state index contributed by atoms with van der Waals surface area (Å²) in [6.07, 6.45) is 1.00. The third-order valence-corrected chi connectivity index (χ3v) is 5.05. The van der Waals surface area contributed by atoms with Gasteiger partial charge in [0, 0.05) is 19.7 Å². The smallest absolute Gasteiger partial charge is 0.245 e. The van der Waals surface area contributed by atoms with Crippen LogP contribution in [0.15, 0.2) is 23.1 Å². The molecule has 1 atom stereocenters. The second-order valence-electron chi connectivity index (χ2n) is 4.77. The van der Waals surface area contributed by atoms with Gasteiger partial charge < -0.3 is 5.11 Å². The first-order valence-electron chi connectivity index (χ1n) is 5.92. The second-order valence-corrected chi connectivity index (χ2v) is 6.78. The predicted octanol–water partition coefficient (Wildman–Crippen LogP) is 1.36. The van der Waals surface area contributed by atoms with E-state index < -0.39 is 32.7 Å². The lowest BCUT2D eigenvalue weighted by Gasteiger charge is -2.20. The molecule has 0 aliphatic heterocycles. The quantitative estimate of drug-likeness (QED) is 0.891. The minimum absolute atomic E-state index is 0.0934. The van der Waals surface area contributed by atoms with Crippen LogP contribution in [0.5, 0.6) is 0 Å². The monoisotopic (exact) mass is 291 g/mol. The first-order chi connectivity index (χ1) is 8.82. The topological polar surface area (TPSA) is 57.6 Å². The van der Waals surface area contributed by atoms with E-state index in [1.54, 1.807) is 0 Å². The predicted molar refractivity (Wildman–Crippen MR) is 64.9 cm³/mol. The summed E-state index contributed by atoms with van der Waals surface area (Å²) >= 11 is 0. The highest BCUT2D eigenvalue weighted by Crippen LogP contribution is 2.33. The molecule has 2 rings (SSSR count). The Balaban J connectivity index is 2.20. The molecule has 106 valence electrons. The summed E-state index contributed by atoms with van der Waals surface area (Å²) in [5.41, 5.74) is 0. The van der Waals surface area contributed by atoms with Gasteiger partial charge in [-0.25, -0.2) is 17.2 Å². The number of nitrogens with zero attached hydrogens (tertiary/aromatic N) is 1. The van der Waals surface area contributed by atoms with Crippen molar-refractivity contribution in [2.75, 3.05) is 13.6 Å². The summed E-state index contributed by atoms with van der Waals surface area (Å²) in [5, 5.41) is 9.72. The fourth-order valence-corrected chi connectivity index (χ4v) is 3.07. The molecule has 1 fully saturated rings. The van der Waals surface area contributed by atoms with Crippen molar-refractivity contribution in [3.05, 3.63) is 29.8 Å². The molecule has 0 radical (unpaired) electrons. The zero-order valence-corrected chi connectivity index (χ0v) is 11.2. The summed E-state index contributed by atoms with van der Waals surface area (Å²) in [6.45, 7) is -0.0934. The first-order valence-corrected chi connectivity index (χ1v) is 7.36. The molecule has 0 spiro atoms. The van der Waals surface area contributed by atoms with E-state index in [1.165, 1.54) is 7.05 Å². The van der Waals surface area contributed by atoms with Gasteiger partial charge in [0.15, 0.2) is 0 Å². The number of hydrogen-bond donors (Lipinski definition) is 1. The van der Waals surface area contributed by atoms with E-state index in [9.17, 15) is 22.3 Å². The molecule has 0 bridgehead atoms. The van der Waals surface area contributed by atoms with Gasteiger partial charge in [0.1, 0.15) is 16.5 Å². The van der Waals surface area contributed by atoms with E-state index in [0.29, 0.717) is 6.07 Å². The summed E-state index contributed by atoms with van der Waals surface area (Å²) in [6, 6.07) is 2.30. The number of hydrogen-bond acceptors (Lipinski definition) is 3. The van der Waals surface area contributed by atoms with Crippen molar-refractivity contribution in [3.8, 4) is 0 Å². The molecule has 1 aliphatic carbocycles. The Morgan fingerprint density at radius 2 is 2.05 bits per heavy atom. The average Bonchev–Trinajstić information content (AvgIpc) is 3.11. The van der Waals surface area contributed by atoms with Crippen LogP contribution in [0, 0.1) is 17.6 Å². The molecule has 1 N–H and O–H groups in total. The van der Waals surface area contributed by atoms with Gasteiger partial charge in [-0.3, -0.25) is 0 Å². The van der Waals surface area contributed by atoms with Crippen molar-refractivity contribution in [3.63, 3.8) is 0 Å². The standard InChI is InChI=1S/C12H15F2NO3S/c1-15(7-11(16)8-2-3-8)19(17,18)12-5-4-9(13)6-10(12)14/h4-6,8,11,16H,2-3,7H2,1H3. The van der Waals surface area contributed by atoms with E-state index in [4.69, 9.17) is 0 Å². The summed E-state index contributed by atoms with van der Waals surface area (Å²) in [4.78, 5) is -0.584. The lowest BCUT2D eigenvalue weighted by atomic mass is 10.2. The van der Waals surface area contributed by atoms with Gasteiger partial charge in [-0.2, -0.15) is 4.31 Å². The highest BCUT2D eigenvalue weighted by Gasteiger charge is 2.33. The summed E-state index contributed by atoms with van der Waals surface area (Å²) < 4.78 is 51.4. The van der Waals surface area contributed by atoms with Crippen LogP contribution < -0.4 is 0 Å². The normalized spacial score (nSPS) is 17.7. The molecule has 0 heterocycles. The molecule has 1 aromatic carbocycles. The molecule has 0 amide bonds. The minimum Gasteiger partial charge on any atom is -0.391 e. The minimum atomic E-state index is -4.06. The SMILES string of the molecule is CN(CC(O)C1CC1)S(=O)(=O)c1ccc(F)cc1F. The molecule has 0 saturated heterocycles. The third kappa shape index (κ3) is 3.10. The average molecular weight is 291 g/mol. The Morgan fingerprint density at radius 1 is 1.42 bits per heavy atom. The van der Waals surface area contributed by atoms with Gasteiger partial charge in [-0.1, -0.05) is 0 Å². The number of sulfonamides is 1. The number of rotatable bonds is 5. The summed E-state index contributed by atoms with van der Waals surface area (Å²) in [5.74, 6) is -1.85. The molecular weight excluding hydrogens is 276 g/mol. The maximum absolute atomic E-state index is 13.5. The Morgan fingerprint density at radius 3 is 2.58 bits per heavy atom. The van der Waals surface area contributed by atoms with Crippen LogP contribution >= 0.6 is 0 Å². The van der Waals surface area contributed by atoms with Crippen LogP contribution in [-0.4, -0.2) is 37.5 Å². The molecule has 7 heteroatoms. The van der Waals surface area contributed by atoms with Crippen LogP contribution in [-0.2, 0) is 10.0 Å². The Bertz CT molecular complexity index is 572. The summed E-state index contributed by atoms with van der Waals surface area (Å²) in [7, 11) is -2.79. The van der Waals surface area contributed by atoms with Crippen LogP contribution in [0.25, 0.3) is 0 Å². The molecule has 1 saturated carbocycles. The lowest BCUT2D eigenvalue weighted by Crippen LogP contribution is -2.35. The second kappa shape index (κ2) is 5.15. The molecule has 1 aromatic rings. The number of aliphatic hydroxyl groups is 1. The largest absolute Gasteiger partial charge is 0.391 e. The maximum Gasteiger partial charge on any atom is 0.245 e. The van der Waals surface area contributed by atoms with Crippen LogP contribution in [0.4, 0.5) is 8.78 Å². The highest BCUT2D eigenvalue weighted by atomic mass is 32.2. The van der Waals surface area contributed by atoms with Crippen molar-refractivity contribution >= 4 is 10.0 Å². The van der Waals surface area contributed by atoms with Crippen LogP contribution in [0.1, 0.15) is 12.8 Å². The van der Waals surface area contributed by atoms with Gasteiger partial charge >= 0.3 is 0 Å². The number of likely N-dealkylation sites (N-methyl/N-ethyl adjacent to an activating group) is 1. The van der Waals surface area contributed by atoms with Crippen LogP contribution in [0.2, 0.25) is 0 Å². The van der Waals surface area contributed by atoms with Crippen molar-refractivity contribution < 1.29 is 22.3 Å². The molecule has 1 aliphatic rings. The first kappa shape index (κ1) is 14.4. The van der Waals surface area contributed by atoms with Gasteiger partial charge in [-0.05, 0) is 30.9 Å².